The molecule has 0 spiro atoms. The maximum atomic E-state index is 13.2. The predicted octanol–water partition coefficient (Wildman–Crippen LogP) is 2.79. The van der Waals surface area contributed by atoms with Crippen LogP contribution in [0.4, 0.5) is 0 Å². The molecule has 1 unspecified atom stereocenters. The van der Waals surface area contributed by atoms with E-state index in [0.717, 1.165) is 58.1 Å². The van der Waals surface area contributed by atoms with Gasteiger partial charge in [-0.1, -0.05) is 5.16 Å². The highest BCUT2D eigenvalue weighted by atomic mass is 32.1. The van der Waals surface area contributed by atoms with Crippen LogP contribution >= 0.6 is 11.3 Å². The van der Waals surface area contributed by atoms with Crippen LogP contribution in [0.1, 0.15) is 39.6 Å². The van der Waals surface area contributed by atoms with Crippen molar-refractivity contribution in [1.29, 1.82) is 0 Å². The van der Waals surface area contributed by atoms with Gasteiger partial charge < -0.3 is 14.4 Å². The van der Waals surface area contributed by atoms with Gasteiger partial charge in [0.2, 0.25) is 11.5 Å². The first-order chi connectivity index (χ1) is 14.0. The van der Waals surface area contributed by atoms with Crippen LogP contribution in [0.15, 0.2) is 21.6 Å². The summed E-state index contributed by atoms with van der Waals surface area (Å²) in [5, 5.41) is 4.98. The van der Waals surface area contributed by atoms with Crippen molar-refractivity contribution in [2.24, 2.45) is 5.92 Å². The highest BCUT2D eigenvalue weighted by Gasteiger charge is 2.32. The second kappa shape index (κ2) is 6.95. The Morgan fingerprint density at radius 3 is 2.97 bits per heavy atom. The topological polar surface area (TPSA) is 92.1 Å². The summed E-state index contributed by atoms with van der Waals surface area (Å²) in [7, 11) is 0. The summed E-state index contributed by atoms with van der Waals surface area (Å²) in [6, 6.07) is 1.65. The molecule has 1 N–H and O–H groups in total. The summed E-state index contributed by atoms with van der Waals surface area (Å²) in [6.07, 6.45) is 4.89. The summed E-state index contributed by atoms with van der Waals surface area (Å²) in [5.74, 6) is 0.942. The number of hydrogen-bond donors (Lipinski definition) is 1. The van der Waals surface area contributed by atoms with E-state index in [-0.39, 0.29) is 17.4 Å². The SMILES string of the molecule is Cc1noc(C)c1-c1nc2c(s1)CCC(C(=O)N1CCc3cc(=O)[nH]cc3C1)C2. The number of H-pyrrole nitrogens is 1. The number of aryl methyl sites for hydroxylation is 3. The lowest BCUT2D eigenvalue weighted by atomic mass is 9.89. The number of nitrogens with zero attached hydrogens (tertiary/aromatic N) is 3. The number of aromatic nitrogens is 3. The molecule has 4 heterocycles. The van der Waals surface area contributed by atoms with Crippen molar-refractivity contribution in [1.82, 2.24) is 20.0 Å². The zero-order valence-electron chi connectivity index (χ0n) is 16.4. The van der Waals surface area contributed by atoms with Gasteiger partial charge in [-0.3, -0.25) is 9.59 Å². The van der Waals surface area contributed by atoms with Crippen LogP contribution in [-0.2, 0) is 30.6 Å². The molecule has 1 atom stereocenters. The van der Waals surface area contributed by atoms with E-state index in [2.05, 4.69) is 10.1 Å². The summed E-state index contributed by atoms with van der Waals surface area (Å²) in [5.41, 5.74) is 4.87. The molecule has 0 saturated heterocycles. The van der Waals surface area contributed by atoms with Gasteiger partial charge in [0.25, 0.3) is 0 Å². The number of thiazole rings is 1. The lowest BCUT2D eigenvalue weighted by Crippen LogP contribution is -2.41. The quantitative estimate of drug-likeness (QED) is 0.701. The van der Waals surface area contributed by atoms with Crippen molar-refractivity contribution in [3.05, 3.63) is 55.8 Å². The number of carbonyl (C=O) groups is 1. The van der Waals surface area contributed by atoms with Gasteiger partial charge in [0.1, 0.15) is 10.8 Å². The van der Waals surface area contributed by atoms with Crippen LogP contribution < -0.4 is 5.56 Å². The number of fused-ring (bicyclic) bond motifs is 2. The van der Waals surface area contributed by atoms with Crippen LogP contribution in [0.2, 0.25) is 0 Å². The Morgan fingerprint density at radius 1 is 1.31 bits per heavy atom. The number of nitrogens with one attached hydrogen (secondary N) is 1. The average molecular weight is 410 g/mol. The molecule has 0 bridgehead atoms. The first kappa shape index (κ1) is 18.3. The van der Waals surface area contributed by atoms with Crippen LogP contribution in [0.5, 0.6) is 0 Å². The molecule has 0 aromatic carbocycles. The molecule has 0 fully saturated rings. The van der Waals surface area contributed by atoms with Crippen molar-refractivity contribution in [2.75, 3.05) is 6.54 Å². The molecule has 7 nitrogen and oxygen atoms in total. The van der Waals surface area contributed by atoms with Crippen LogP contribution in [0.3, 0.4) is 0 Å². The van der Waals surface area contributed by atoms with E-state index >= 15 is 0 Å². The van der Waals surface area contributed by atoms with Gasteiger partial charge in [0.05, 0.1) is 17.0 Å². The molecule has 3 aromatic rings. The van der Waals surface area contributed by atoms with Crippen LogP contribution in [0, 0.1) is 19.8 Å². The van der Waals surface area contributed by atoms with Gasteiger partial charge in [-0.05, 0) is 44.2 Å². The maximum absolute atomic E-state index is 13.2. The van der Waals surface area contributed by atoms with Crippen molar-refractivity contribution in [3.8, 4) is 10.6 Å². The number of aromatic amines is 1. The fourth-order valence-corrected chi connectivity index (χ4v) is 5.64. The molecule has 1 amide bonds. The summed E-state index contributed by atoms with van der Waals surface area (Å²) >= 11 is 1.69. The minimum absolute atomic E-state index is 0.0357. The summed E-state index contributed by atoms with van der Waals surface area (Å²) in [4.78, 5) is 35.5. The average Bonchev–Trinajstić information content (AvgIpc) is 3.28. The summed E-state index contributed by atoms with van der Waals surface area (Å²) in [6.45, 7) is 5.07. The van der Waals surface area contributed by atoms with Crippen molar-refractivity contribution < 1.29 is 9.32 Å². The third-order valence-corrected chi connectivity index (χ3v) is 7.14. The monoisotopic (exact) mass is 410 g/mol. The first-order valence-corrected chi connectivity index (χ1v) is 10.7. The van der Waals surface area contributed by atoms with E-state index in [4.69, 9.17) is 9.51 Å². The number of amides is 1. The van der Waals surface area contributed by atoms with Gasteiger partial charge in [-0.2, -0.15) is 0 Å². The summed E-state index contributed by atoms with van der Waals surface area (Å²) < 4.78 is 5.29. The lowest BCUT2D eigenvalue weighted by molar-refractivity contribution is -0.136. The Morgan fingerprint density at radius 2 is 2.17 bits per heavy atom. The third-order valence-electron chi connectivity index (χ3n) is 5.96. The van der Waals surface area contributed by atoms with Crippen molar-refractivity contribution in [3.63, 3.8) is 0 Å². The second-order valence-corrected chi connectivity index (χ2v) is 8.97. The van der Waals surface area contributed by atoms with Crippen molar-refractivity contribution >= 4 is 17.2 Å². The zero-order chi connectivity index (χ0) is 20.1. The highest BCUT2D eigenvalue weighted by Crippen LogP contribution is 2.37. The minimum atomic E-state index is -0.0824. The Hall–Kier alpha value is -2.74. The van der Waals surface area contributed by atoms with Crippen molar-refractivity contribution in [2.45, 2.75) is 46.1 Å². The second-order valence-electron chi connectivity index (χ2n) is 7.89. The fraction of sp³-hybridized carbons (Fsp3) is 0.429. The molecule has 150 valence electrons. The molecule has 8 heteroatoms. The molecule has 0 saturated carbocycles. The van der Waals surface area contributed by atoms with E-state index in [0.29, 0.717) is 19.5 Å². The van der Waals surface area contributed by atoms with Gasteiger partial charge in [0, 0.05) is 42.6 Å². The molecule has 1 aliphatic carbocycles. The van der Waals surface area contributed by atoms with Gasteiger partial charge in [-0.15, -0.1) is 11.3 Å². The lowest BCUT2D eigenvalue weighted by Gasteiger charge is -2.32. The normalized spacial score (nSPS) is 18.4. The zero-order valence-corrected chi connectivity index (χ0v) is 17.3. The number of pyridine rings is 1. The smallest absolute Gasteiger partial charge is 0.248 e. The molecular weight excluding hydrogens is 388 g/mol. The van der Waals surface area contributed by atoms with E-state index < -0.39 is 0 Å². The molecule has 5 rings (SSSR count). The molecule has 3 aromatic heterocycles. The maximum Gasteiger partial charge on any atom is 0.248 e. The van der Waals surface area contributed by atoms with E-state index in [9.17, 15) is 9.59 Å². The number of carbonyl (C=O) groups excluding carboxylic acids is 1. The molecule has 29 heavy (non-hydrogen) atoms. The van der Waals surface area contributed by atoms with E-state index in [1.54, 1.807) is 23.6 Å². The van der Waals surface area contributed by atoms with Gasteiger partial charge in [-0.25, -0.2) is 4.98 Å². The molecule has 2 aliphatic rings. The van der Waals surface area contributed by atoms with E-state index in [1.165, 1.54) is 4.88 Å². The predicted molar refractivity (Wildman–Crippen MR) is 109 cm³/mol. The molecule has 0 radical (unpaired) electrons. The van der Waals surface area contributed by atoms with Crippen LogP contribution in [0.25, 0.3) is 10.6 Å². The first-order valence-electron chi connectivity index (χ1n) is 9.90. The largest absolute Gasteiger partial charge is 0.361 e. The standard InChI is InChI=1S/C21H22N4O3S/c1-11-19(12(2)28-24-11)20-23-16-7-14(3-4-17(16)29-20)21(27)25-6-5-13-8-18(26)22-9-15(13)10-25/h8-9,14H,3-7,10H2,1-2H3,(H,22,26). The Bertz CT molecular complexity index is 1140. The molecular formula is C21H22N4O3S. The Labute approximate surface area is 171 Å². The number of hydrogen-bond acceptors (Lipinski definition) is 6. The van der Waals surface area contributed by atoms with Gasteiger partial charge in [0.15, 0.2) is 0 Å². The van der Waals surface area contributed by atoms with Crippen LogP contribution in [-0.4, -0.2) is 32.5 Å². The Balaban J connectivity index is 1.34. The minimum Gasteiger partial charge on any atom is -0.361 e. The Kier molecular flexibility index (Phi) is 4.38. The highest BCUT2D eigenvalue weighted by molar-refractivity contribution is 7.15. The molecule has 1 aliphatic heterocycles. The van der Waals surface area contributed by atoms with E-state index in [1.807, 2.05) is 18.7 Å². The fourth-order valence-electron chi connectivity index (χ4n) is 4.39. The third kappa shape index (κ3) is 3.21. The van der Waals surface area contributed by atoms with Gasteiger partial charge >= 0.3 is 0 Å². The number of rotatable bonds is 2.